The van der Waals surface area contributed by atoms with Crippen molar-refractivity contribution in [2.45, 2.75) is 20.8 Å². The molecule has 0 atom stereocenters. The number of rotatable bonds is 4. The smallest absolute Gasteiger partial charge is 0.0927 e. The summed E-state index contributed by atoms with van der Waals surface area (Å²) in [5.74, 6) is 0. The third kappa shape index (κ3) is 2.74. The molecular weight excluding hydrogens is 248 g/mol. The normalized spacial score (nSPS) is 12.6. The van der Waals surface area contributed by atoms with Crippen LogP contribution in [0.15, 0.2) is 35.0 Å². The summed E-state index contributed by atoms with van der Waals surface area (Å²) in [5, 5.41) is 5.68. The minimum absolute atomic E-state index is 0.814. The summed E-state index contributed by atoms with van der Waals surface area (Å²) in [5.41, 5.74) is 4.54. The van der Waals surface area contributed by atoms with Crippen molar-refractivity contribution >= 4 is 22.8 Å². The number of aromatic nitrogens is 2. The molecule has 0 saturated carbocycles. The molecule has 0 aliphatic carbocycles. The van der Waals surface area contributed by atoms with Gasteiger partial charge in [-0.3, -0.25) is 9.67 Å². The van der Waals surface area contributed by atoms with Gasteiger partial charge in [-0.25, -0.2) is 0 Å². The largest absolute Gasteiger partial charge is 0.348 e. The van der Waals surface area contributed by atoms with Crippen molar-refractivity contribution in [1.82, 2.24) is 9.78 Å². The molecule has 0 radical (unpaired) electrons. The third-order valence-corrected chi connectivity index (χ3v) is 3.63. The summed E-state index contributed by atoms with van der Waals surface area (Å²) < 4.78 is 1.92. The van der Waals surface area contributed by atoms with Crippen molar-refractivity contribution in [3.63, 3.8) is 0 Å². The molecule has 2 rings (SSSR count). The van der Waals surface area contributed by atoms with Gasteiger partial charge in [0.1, 0.15) is 0 Å². The molecule has 20 heavy (non-hydrogen) atoms. The van der Waals surface area contributed by atoms with E-state index < -0.39 is 0 Å². The lowest BCUT2D eigenvalue weighted by molar-refractivity contribution is 0.751. The molecule has 0 fully saturated rings. The topological polar surface area (TPSA) is 33.4 Å². The van der Waals surface area contributed by atoms with Crippen molar-refractivity contribution in [1.29, 1.82) is 0 Å². The van der Waals surface area contributed by atoms with Crippen molar-refractivity contribution in [3.8, 4) is 0 Å². The Kier molecular flexibility index (Phi) is 4.23. The van der Waals surface area contributed by atoms with Crippen LogP contribution in [-0.4, -0.2) is 29.6 Å². The molecule has 2 aromatic rings. The van der Waals surface area contributed by atoms with Crippen LogP contribution in [0.5, 0.6) is 0 Å². The Morgan fingerprint density at radius 2 is 2.20 bits per heavy atom. The Morgan fingerprint density at radius 3 is 2.90 bits per heavy atom. The lowest BCUT2D eigenvalue weighted by Gasteiger charge is -2.19. The fourth-order valence-electron chi connectivity index (χ4n) is 2.10. The average Bonchev–Trinajstić information content (AvgIpc) is 2.73. The van der Waals surface area contributed by atoms with E-state index in [1.165, 1.54) is 11.1 Å². The zero-order chi connectivity index (χ0) is 14.7. The number of aryl methyl sites for hydroxylation is 2. The van der Waals surface area contributed by atoms with Crippen LogP contribution < -0.4 is 4.90 Å². The van der Waals surface area contributed by atoms with Gasteiger partial charge in [-0.2, -0.15) is 5.10 Å². The van der Waals surface area contributed by atoms with E-state index in [0.29, 0.717) is 0 Å². The second-order valence-corrected chi connectivity index (χ2v) is 4.93. The Balaban J connectivity index is 2.35. The van der Waals surface area contributed by atoms with Gasteiger partial charge in [0.25, 0.3) is 0 Å². The first-order valence-corrected chi connectivity index (χ1v) is 6.88. The first-order chi connectivity index (χ1) is 9.54. The molecular formula is C16H22N4. The quantitative estimate of drug-likeness (QED) is 0.799. The molecule has 0 amide bonds. The van der Waals surface area contributed by atoms with Gasteiger partial charge in [-0.05, 0) is 45.0 Å². The summed E-state index contributed by atoms with van der Waals surface area (Å²) in [7, 11) is 4.05. The zero-order valence-corrected chi connectivity index (χ0v) is 12.9. The van der Waals surface area contributed by atoms with Crippen LogP contribution in [0, 0.1) is 6.92 Å². The van der Waals surface area contributed by atoms with Gasteiger partial charge in [0.2, 0.25) is 0 Å². The van der Waals surface area contributed by atoms with Gasteiger partial charge in [0, 0.05) is 49.3 Å². The number of nitrogens with zero attached hydrogens (tertiary/aromatic N) is 4. The Labute approximate surface area is 120 Å². The van der Waals surface area contributed by atoms with E-state index in [0.717, 1.165) is 23.4 Å². The second kappa shape index (κ2) is 5.90. The third-order valence-electron chi connectivity index (χ3n) is 3.63. The molecule has 1 heterocycles. The van der Waals surface area contributed by atoms with E-state index in [4.69, 9.17) is 0 Å². The predicted molar refractivity (Wildman–Crippen MR) is 86.6 cm³/mol. The lowest BCUT2D eigenvalue weighted by atomic mass is 10.2. The average molecular weight is 270 g/mol. The fourth-order valence-corrected chi connectivity index (χ4v) is 2.10. The molecule has 1 aromatic carbocycles. The Hall–Kier alpha value is -2.10. The van der Waals surface area contributed by atoms with Crippen LogP contribution in [0.1, 0.15) is 19.5 Å². The highest BCUT2D eigenvalue weighted by Gasteiger charge is 2.08. The molecule has 0 spiro atoms. The maximum atomic E-state index is 4.48. The van der Waals surface area contributed by atoms with Gasteiger partial charge in [0.05, 0.1) is 5.52 Å². The predicted octanol–water partition coefficient (Wildman–Crippen LogP) is 3.31. The van der Waals surface area contributed by atoms with Gasteiger partial charge in [-0.1, -0.05) is 0 Å². The highest BCUT2D eigenvalue weighted by molar-refractivity contribution is 5.85. The first kappa shape index (κ1) is 14.3. The summed E-state index contributed by atoms with van der Waals surface area (Å²) in [6.45, 7) is 7.02. The summed E-state index contributed by atoms with van der Waals surface area (Å²) in [4.78, 5) is 6.37. The highest BCUT2D eigenvalue weighted by atomic mass is 15.3. The van der Waals surface area contributed by atoms with Gasteiger partial charge >= 0.3 is 0 Å². The summed E-state index contributed by atoms with van der Waals surface area (Å²) in [6.07, 6.45) is 3.89. The number of fused-ring (bicyclic) bond motifs is 1. The van der Waals surface area contributed by atoms with E-state index in [1.807, 2.05) is 30.9 Å². The number of benzene rings is 1. The highest BCUT2D eigenvalue weighted by Crippen LogP contribution is 2.25. The van der Waals surface area contributed by atoms with E-state index in [2.05, 4.69) is 54.1 Å². The number of anilines is 1. The van der Waals surface area contributed by atoms with Crippen LogP contribution in [-0.2, 0) is 7.05 Å². The fraction of sp³-hybridized carbons (Fsp3) is 0.375. The van der Waals surface area contributed by atoms with Gasteiger partial charge < -0.3 is 4.90 Å². The second-order valence-electron chi connectivity index (χ2n) is 4.93. The SMILES string of the molecule is CCN=C/C=C(\C)N(C)c1ccc2nn(C)c(C)c2c1. The maximum absolute atomic E-state index is 4.48. The minimum Gasteiger partial charge on any atom is -0.348 e. The van der Waals surface area contributed by atoms with E-state index in [1.54, 1.807) is 0 Å². The molecule has 106 valence electrons. The number of allylic oxidation sites excluding steroid dienone is 2. The van der Waals surface area contributed by atoms with Gasteiger partial charge in [0.15, 0.2) is 0 Å². The molecule has 0 saturated heterocycles. The van der Waals surface area contributed by atoms with Gasteiger partial charge in [-0.15, -0.1) is 0 Å². The first-order valence-electron chi connectivity index (χ1n) is 6.88. The Morgan fingerprint density at radius 1 is 1.45 bits per heavy atom. The van der Waals surface area contributed by atoms with E-state index in [-0.39, 0.29) is 0 Å². The molecule has 0 aliphatic heterocycles. The minimum atomic E-state index is 0.814. The molecule has 1 aromatic heterocycles. The lowest BCUT2D eigenvalue weighted by Crippen LogP contribution is -2.14. The van der Waals surface area contributed by atoms with Crippen LogP contribution in [0.4, 0.5) is 5.69 Å². The van der Waals surface area contributed by atoms with Crippen LogP contribution in [0.2, 0.25) is 0 Å². The zero-order valence-electron chi connectivity index (χ0n) is 12.9. The van der Waals surface area contributed by atoms with Crippen molar-refractivity contribution in [2.24, 2.45) is 12.0 Å². The Bertz CT molecular complexity index is 664. The van der Waals surface area contributed by atoms with Crippen molar-refractivity contribution in [3.05, 3.63) is 35.7 Å². The van der Waals surface area contributed by atoms with Crippen molar-refractivity contribution < 1.29 is 0 Å². The number of hydrogen-bond acceptors (Lipinski definition) is 3. The van der Waals surface area contributed by atoms with Crippen LogP contribution in [0.25, 0.3) is 10.9 Å². The van der Waals surface area contributed by atoms with Crippen LogP contribution in [0.3, 0.4) is 0 Å². The molecule has 4 heteroatoms. The molecule has 0 bridgehead atoms. The monoisotopic (exact) mass is 270 g/mol. The summed E-state index contributed by atoms with van der Waals surface area (Å²) >= 11 is 0. The van der Waals surface area contributed by atoms with Crippen LogP contribution >= 0.6 is 0 Å². The molecule has 0 unspecified atom stereocenters. The van der Waals surface area contributed by atoms with E-state index >= 15 is 0 Å². The number of hydrogen-bond donors (Lipinski definition) is 0. The molecule has 0 aliphatic rings. The number of aliphatic imine (C=N–C) groups is 1. The molecule has 0 N–H and O–H groups in total. The molecule has 4 nitrogen and oxygen atoms in total. The van der Waals surface area contributed by atoms with Crippen molar-refractivity contribution in [2.75, 3.05) is 18.5 Å². The van der Waals surface area contributed by atoms with E-state index in [9.17, 15) is 0 Å². The summed E-state index contributed by atoms with van der Waals surface area (Å²) in [6, 6.07) is 6.36. The standard InChI is InChI=1S/C16H22N4/c1-6-17-10-9-12(2)19(4)14-7-8-16-15(11-14)13(3)20(5)18-16/h7-11H,6H2,1-5H3/b12-9+,17-10?. The maximum Gasteiger partial charge on any atom is 0.0927 e.